The minimum Gasteiger partial charge on any atom is -0.508 e. The fourth-order valence-corrected chi connectivity index (χ4v) is 2.04. The van der Waals surface area contributed by atoms with E-state index in [4.69, 9.17) is 14.4 Å². The zero-order chi connectivity index (χ0) is 15.8. The van der Waals surface area contributed by atoms with Gasteiger partial charge in [-0.05, 0) is 17.5 Å². The van der Waals surface area contributed by atoms with Crippen molar-refractivity contribution in [1.29, 1.82) is 0 Å². The molecule has 0 saturated carbocycles. The zero-order valence-electron chi connectivity index (χ0n) is 12.3. The summed E-state index contributed by atoms with van der Waals surface area (Å²) in [5.41, 5.74) is 1.23. The summed E-state index contributed by atoms with van der Waals surface area (Å²) in [6.07, 6.45) is 0. The predicted molar refractivity (Wildman–Crippen MR) is 75.8 cm³/mol. The fourth-order valence-electron chi connectivity index (χ4n) is 2.04. The molecule has 112 valence electrons. The lowest BCUT2D eigenvalue weighted by molar-refractivity contribution is 0.0652. The number of hydrogen-bond donors (Lipinski definition) is 2. The lowest BCUT2D eigenvalue weighted by atomic mass is 9.85. The second-order valence-electron chi connectivity index (χ2n) is 5.70. The Bertz CT molecular complexity index is 682. The molecule has 6 nitrogen and oxygen atoms in total. The second kappa shape index (κ2) is 5.12. The number of carboxylic acid groups (broad SMARTS) is 1. The molecule has 21 heavy (non-hydrogen) atoms. The maximum Gasteiger partial charge on any atom is 0.374 e. The van der Waals surface area contributed by atoms with Gasteiger partial charge in [0, 0.05) is 17.2 Å². The first kappa shape index (κ1) is 14.9. The Kier molecular flexibility index (Phi) is 3.63. The zero-order valence-corrected chi connectivity index (χ0v) is 12.3. The van der Waals surface area contributed by atoms with Gasteiger partial charge in [-0.15, -0.1) is 0 Å². The quantitative estimate of drug-likeness (QED) is 0.902. The molecule has 1 aromatic heterocycles. The number of aromatic nitrogens is 1. The summed E-state index contributed by atoms with van der Waals surface area (Å²) in [5, 5.41) is 22.8. The van der Waals surface area contributed by atoms with Gasteiger partial charge in [-0.1, -0.05) is 25.9 Å². The Morgan fingerprint density at radius 3 is 2.43 bits per heavy atom. The number of carbonyl (C=O) groups is 1. The van der Waals surface area contributed by atoms with Crippen LogP contribution in [0.1, 0.15) is 36.9 Å². The van der Waals surface area contributed by atoms with Crippen LogP contribution in [0.2, 0.25) is 0 Å². The molecule has 1 aromatic carbocycles. The normalized spacial score (nSPS) is 11.4. The highest BCUT2D eigenvalue weighted by Crippen LogP contribution is 2.40. The van der Waals surface area contributed by atoms with Gasteiger partial charge >= 0.3 is 5.97 Å². The fraction of sp³-hybridized carbons (Fsp3) is 0.333. The molecular weight excluding hydrogens is 274 g/mol. The van der Waals surface area contributed by atoms with E-state index in [2.05, 4.69) is 5.16 Å². The van der Waals surface area contributed by atoms with Gasteiger partial charge in [0.2, 0.25) is 5.76 Å². The van der Waals surface area contributed by atoms with E-state index < -0.39 is 5.97 Å². The molecule has 2 N–H and O–H groups in total. The third-order valence-corrected chi connectivity index (χ3v) is 3.12. The number of aromatic hydroxyl groups is 1. The lowest BCUT2D eigenvalue weighted by Crippen LogP contribution is -2.11. The average Bonchev–Trinajstić information content (AvgIpc) is 2.86. The summed E-state index contributed by atoms with van der Waals surface area (Å²) in [6, 6.07) is 4.51. The number of nitrogens with zero attached hydrogens (tertiary/aromatic N) is 1. The largest absolute Gasteiger partial charge is 0.508 e. The highest BCUT2D eigenvalue weighted by atomic mass is 16.5. The maximum atomic E-state index is 10.8. The van der Waals surface area contributed by atoms with E-state index in [-0.39, 0.29) is 16.9 Å². The van der Waals surface area contributed by atoms with Crippen LogP contribution in [-0.4, -0.2) is 28.4 Å². The van der Waals surface area contributed by atoms with Crippen molar-refractivity contribution in [2.75, 3.05) is 7.11 Å². The van der Waals surface area contributed by atoms with Gasteiger partial charge in [0.25, 0.3) is 0 Å². The summed E-state index contributed by atoms with van der Waals surface area (Å²) in [5.74, 6) is -0.893. The van der Waals surface area contributed by atoms with Gasteiger partial charge in [0.1, 0.15) is 17.2 Å². The third-order valence-electron chi connectivity index (χ3n) is 3.12. The summed E-state index contributed by atoms with van der Waals surface area (Å²) in [6.45, 7) is 5.92. The van der Waals surface area contributed by atoms with Gasteiger partial charge in [-0.3, -0.25) is 0 Å². The van der Waals surface area contributed by atoms with Crippen LogP contribution in [-0.2, 0) is 5.41 Å². The SMILES string of the molecule is COc1cc(C(C)(C)C)c(O)cc1-c1cc(C(=O)O)on1. The number of ether oxygens (including phenoxy) is 1. The van der Waals surface area contributed by atoms with Crippen LogP contribution >= 0.6 is 0 Å². The van der Waals surface area contributed by atoms with E-state index in [1.807, 2.05) is 20.8 Å². The van der Waals surface area contributed by atoms with Gasteiger partial charge < -0.3 is 19.5 Å². The highest BCUT2D eigenvalue weighted by molar-refractivity contribution is 5.86. The van der Waals surface area contributed by atoms with E-state index >= 15 is 0 Å². The monoisotopic (exact) mass is 291 g/mol. The van der Waals surface area contributed by atoms with E-state index in [0.717, 1.165) is 5.56 Å². The van der Waals surface area contributed by atoms with E-state index in [0.29, 0.717) is 17.0 Å². The minimum atomic E-state index is -1.21. The topological polar surface area (TPSA) is 92.8 Å². The third kappa shape index (κ3) is 2.84. The maximum absolute atomic E-state index is 10.8. The number of aromatic carboxylic acids is 1. The van der Waals surface area contributed by atoms with Crippen LogP contribution < -0.4 is 4.74 Å². The Balaban J connectivity index is 2.58. The first-order valence-electron chi connectivity index (χ1n) is 6.36. The van der Waals surface area contributed by atoms with Crippen molar-refractivity contribution < 1.29 is 24.3 Å². The van der Waals surface area contributed by atoms with Crippen LogP contribution in [0, 0.1) is 0 Å². The van der Waals surface area contributed by atoms with E-state index in [1.165, 1.54) is 19.2 Å². The Labute approximate surface area is 122 Å². The molecule has 0 amide bonds. The van der Waals surface area contributed by atoms with Crippen molar-refractivity contribution in [3.63, 3.8) is 0 Å². The number of methoxy groups -OCH3 is 1. The molecule has 2 rings (SSSR count). The molecule has 0 saturated heterocycles. The van der Waals surface area contributed by atoms with E-state index in [1.54, 1.807) is 6.07 Å². The molecular formula is C15H17NO5. The number of hydrogen-bond acceptors (Lipinski definition) is 5. The summed E-state index contributed by atoms with van der Waals surface area (Å²) in [4.78, 5) is 10.8. The summed E-state index contributed by atoms with van der Waals surface area (Å²) >= 11 is 0. The van der Waals surface area contributed by atoms with Crippen LogP contribution in [0.15, 0.2) is 22.7 Å². The number of rotatable bonds is 3. The molecule has 0 unspecified atom stereocenters. The molecule has 6 heteroatoms. The molecule has 0 aliphatic rings. The molecule has 2 aromatic rings. The summed E-state index contributed by atoms with van der Waals surface area (Å²) in [7, 11) is 1.50. The van der Waals surface area contributed by atoms with Crippen LogP contribution in [0.3, 0.4) is 0 Å². The summed E-state index contributed by atoms with van der Waals surface area (Å²) < 4.78 is 10.1. The van der Waals surface area contributed by atoms with Crippen molar-refractivity contribution in [2.24, 2.45) is 0 Å². The van der Waals surface area contributed by atoms with Gasteiger partial charge in [0.05, 0.1) is 7.11 Å². The van der Waals surface area contributed by atoms with Gasteiger partial charge in [-0.2, -0.15) is 0 Å². The first-order chi connectivity index (χ1) is 9.74. The average molecular weight is 291 g/mol. The highest BCUT2D eigenvalue weighted by Gasteiger charge is 2.23. The molecule has 0 radical (unpaired) electrons. The number of phenols is 1. The van der Waals surface area contributed by atoms with Crippen molar-refractivity contribution in [3.8, 4) is 22.8 Å². The van der Waals surface area contributed by atoms with E-state index in [9.17, 15) is 9.90 Å². The van der Waals surface area contributed by atoms with Crippen LogP contribution in [0.25, 0.3) is 11.3 Å². The molecule has 0 aliphatic heterocycles. The predicted octanol–water partition coefficient (Wildman–Crippen LogP) is 3.05. The standard InChI is InChI=1S/C15H17NO5/c1-15(2,3)9-6-12(20-4)8(5-11(9)17)10-7-13(14(18)19)21-16-10/h5-7,17H,1-4H3,(H,18,19). The van der Waals surface area contributed by atoms with Crippen molar-refractivity contribution >= 4 is 5.97 Å². The molecule has 1 heterocycles. The molecule has 0 atom stereocenters. The van der Waals surface area contributed by atoms with Crippen LogP contribution in [0.5, 0.6) is 11.5 Å². The number of carboxylic acids is 1. The molecule has 0 aliphatic carbocycles. The molecule has 0 bridgehead atoms. The van der Waals surface area contributed by atoms with Gasteiger partial charge in [0.15, 0.2) is 0 Å². The Morgan fingerprint density at radius 2 is 1.95 bits per heavy atom. The molecule has 0 spiro atoms. The Hall–Kier alpha value is -2.50. The second-order valence-corrected chi connectivity index (χ2v) is 5.70. The minimum absolute atomic E-state index is 0.0955. The van der Waals surface area contributed by atoms with Crippen molar-refractivity contribution in [1.82, 2.24) is 5.16 Å². The Morgan fingerprint density at radius 1 is 1.29 bits per heavy atom. The lowest BCUT2D eigenvalue weighted by Gasteiger charge is -2.22. The number of phenolic OH excluding ortho intramolecular Hbond substituents is 1. The smallest absolute Gasteiger partial charge is 0.374 e. The van der Waals surface area contributed by atoms with Crippen molar-refractivity contribution in [3.05, 3.63) is 29.5 Å². The first-order valence-corrected chi connectivity index (χ1v) is 6.36. The van der Waals surface area contributed by atoms with Crippen LogP contribution in [0.4, 0.5) is 0 Å². The molecule has 0 fully saturated rings. The van der Waals surface area contributed by atoms with Crippen molar-refractivity contribution in [2.45, 2.75) is 26.2 Å². The van der Waals surface area contributed by atoms with Gasteiger partial charge in [-0.25, -0.2) is 4.79 Å². The number of benzene rings is 1.